The lowest BCUT2D eigenvalue weighted by Crippen LogP contribution is -2.20. The van der Waals surface area contributed by atoms with Crippen molar-refractivity contribution >= 4 is 5.95 Å². The van der Waals surface area contributed by atoms with Crippen molar-refractivity contribution in [3.63, 3.8) is 0 Å². The first-order chi connectivity index (χ1) is 11.3. The molecular weight excluding hydrogens is 292 g/mol. The predicted octanol–water partition coefficient (Wildman–Crippen LogP) is 1.49. The van der Waals surface area contributed by atoms with Crippen LogP contribution in [0.2, 0.25) is 0 Å². The maximum absolute atomic E-state index is 5.57. The van der Waals surface area contributed by atoms with E-state index < -0.39 is 0 Å². The van der Waals surface area contributed by atoms with E-state index in [4.69, 9.17) is 4.74 Å². The van der Waals surface area contributed by atoms with Gasteiger partial charge in [0.15, 0.2) is 0 Å². The fourth-order valence-corrected chi connectivity index (χ4v) is 2.59. The molecule has 2 aromatic rings. The van der Waals surface area contributed by atoms with E-state index >= 15 is 0 Å². The summed E-state index contributed by atoms with van der Waals surface area (Å²) in [5.41, 5.74) is 2.02. The third-order valence-electron chi connectivity index (χ3n) is 3.72. The van der Waals surface area contributed by atoms with Crippen LogP contribution in [0.3, 0.4) is 0 Å². The Morgan fingerprint density at radius 2 is 2.04 bits per heavy atom. The summed E-state index contributed by atoms with van der Waals surface area (Å²) in [7, 11) is 2.04. The Morgan fingerprint density at radius 1 is 1.17 bits per heavy atom. The lowest BCUT2D eigenvalue weighted by molar-refractivity contribution is 0.120. The zero-order chi connectivity index (χ0) is 15.9. The lowest BCUT2D eigenvalue weighted by atomic mass is 10.2. The molecule has 1 aliphatic heterocycles. The number of ether oxygens (including phenoxy) is 1. The minimum absolute atomic E-state index is 0.288. The molecule has 0 aliphatic carbocycles. The predicted molar refractivity (Wildman–Crippen MR) is 86.7 cm³/mol. The summed E-state index contributed by atoms with van der Waals surface area (Å²) >= 11 is 0. The van der Waals surface area contributed by atoms with Crippen molar-refractivity contribution in [2.45, 2.75) is 32.0 Å². The Hall–Kier alpha value is -2.12. The average molecular weight is 314 g/mol. The molecule has 1 N–H and O–H groups in total. The summed E-state index contributed by atoms with van der Waals surface area (Å²) in [6.45, 7) is 3.14. The van der Waals surface area contributed by atoms with E-state index in [0.29, 0.717) is 5.95 Å². The van der Waals surface area contributed by atoms with Crippen LogP contribution < -0.4 is 5.32 Å². The van der Waals surface area contributed by atoms with Crippen LogP contribution in [0.5, 0.6) is 0 Å². The van der Waals surface area contributed by atoms with Crippen LogP contribution in [-0.2, 0) is 17.8 Å². The minimum atomic E-state index is 0.288. The van der Waals surface area contributed by atoms with Crippen molar-refractivity contribution < 1.29 is 4.74 Å². The van der Waals surface area contributed by atoms with Crippen molar-refractivity contribution in [3.05, 3.63) is 42.2 Å². The molecule has 1 aliphatic rings. The van der Waals surface area contributed by atoms with Crippen LogP contribution in [0.15, 0.2) is 31.0 Å². The second-order valence-electron chi connectivity index (χ2n) is 5.80. The topological polar surface area (TPSA) is 76.1 Å². The van der Waals surface area contributed by atoms with Crippen LogP contribution in [0.1, 0.15) is 24.1 Å². The van der Waals surface area contributed by atoms with Gasteiger partial charge >= 0.3 is 0 Å². The number of aromatic nitrogens is 4. The number of rotatable bonds is 7. The smallest absolute Gasteiger partial charge is 0.222 e. The van der Waals surface area contributed by atoms with Crippen LogP contribution in [0.4, 0.5) is 5.95 Å². The van der Waals surface area contributed by atoms with Gasteiger partial charge in [-0.05, 0) is 19.9 Å². The lowest BCUT2D eigenvalue weighted by Gasteiger charge is -2.16. The highest BCUT2D eigenvalue weighted by atomic mass is 16.5. The maximum atomic E-state index is 5.57. The van der Waals surface area contributed by atoms with Gasteiger partial charge in [-0.1, -0.05) is 0 Å². The Labute approximate surface area is 136 Å². The van der Waals surface area contributed by atoms with Gasteiger partial charge in [0.2, 0.25) is 5.95 Å². The summed E-state index contributed by atoms with van der Waals surface area (Å²) < 4.78 is 5.57. The van der Waals surface area contributed by atoms with Crippen LogP contribution in [0, 0.1) is 0 Å². The molecule has 7 nitrogen and oxygen atoms in total. The monoisotopic (exact) mass is 314 g/mol. The molecule has 2 aromatic heterocycles. The van der Waals surface area contributed by atoms with Crippen molar-refractivity contribution in [2.75, 3.05) is 25.5 Å². The van der Waals surface area contributed by atoms with Crippen LogP contribution >= 0.6 is 0 Å². The highest BCUT2D eigenvalue weighted by Gasteiger charge is 2.15. The van der Waals surface area contributed by atoms with Gasteiger partial charge in [-0.3, -0.25) is 14.9 Å². The first-order valence-corrected chi connectivity index (χ1v) is 7.89. The summed E-state index contributed by atoms with van der Waals surface area (Å²) in [5.74, 6) is 0.654. The molecule has 0 radical (unpaired) electrons. The number of hydrogen-bond donors (Lipinski definition) is 1. The molecule has 3 heterocycles. The summed E-state index contributed by atoms with van der Waals surface area (Å²) in [5, 5.41) is 3.23. The zero-order valence-corrected chi connectivity index (χ0v) is 13.4. The Bertz CT molecular complexity index is 585. The van der Waals surface area contributed by atoms with E-state index in [-0.39, 0.29) is 6.10 Å². The standard InChI is InChI=1S/C16H22N6O/c1-22(12-14-9-17-4-5-18-14)11-13-7-19-16(20-8-13)21-10-15-3-2-6-23-15/h4-5,7-9,15H,2-3,6,10-12H2,1H3,(H,19,20,21)/t15-/m1/s1. The summed E-state index contributed by atoms with van der Waals surface area (Å²) in [6, 6.07) is 0. The SMILES string of the molecule is CN(Cc1cnc(NC[C@H]2CCCO2)nc1)Cc1cnccn1. The maximum Gasteiger partial charge on any atom is 0.222 e. The van der Waals surface area contributed by atoms with Gasteiger partial charge in [-0.25, -0.2) is 9.97 Å². The third kappa shape index (κ3) is 4.94. The van der Waals surface area contributed by atoms with Gasteiger partial charge in [-0.2, -0.15) is 0 Å². The fraction of sp³-hybridized carbons (Fsp3) is 0.500. The molecule has 122 valence electrons. The number of nitrogens with zero attached hydrogens (tertiary/aromatic N) is 5. The minimum Gasteiger partial charge on any atom is -0.376 e. The van der Waals surface area contributed by atoms with E-state index in [1.54, 1.807) is 18.6 Å². The molecule has 23 heavy (non-hydrogen) atoms. The zero-order valence-electron chi connectivity index (χ0n) is 13.4. The second-order valence-corrected chi connectivity index (χ2v) is 5.80. The van der Waals surface area contributed by atoms with Crippen LogP contribution in [-0.4, -0.2) is 51.1 Å². The van der Waals surface area contributed by atoms with E-state index in [2.05, 4.69) is 30.2 Å². The molecule has 0 saturated carbocycles. The second kappa shape index (κ2) is 7.94. The van der Waals surface area contributed by atoms with Gasteiger partial charge in [0, 0.05) is 62.8 Å². The highest BCUT2D eigenvalue weighted by molar-refractivity contribution is 5.24. The molecule has 0 unspecified atom stereocenters. The highest BCUT2D eigenvalue weighted by Crippen LogP contribution is 2.12. The Kier molecular flexibility index (Phi) is 5.44. The first-order valence-electron chi connectivity index (χ1n) is 7.89. The number of nitrogens with one attached hydrogen (secondary N) is 1. The molecule has 0 aromatic carbocycles. The molecule has 0 bridgehead atoms. The van der Waals surface area contributed by atoms with E-state index in [9.17, 15) is 0 Å². The molecule has 1 atom stereocenters. The van der Waals surface area contributed by atoms with E-state index in [1.807, 2.05) is 19.4 Å². The molecule has 1 saturated heterocycles. The van der Waals surface area contributed by atoms with Gasteiger partial charge in [0.25, 0.3) is 0 Å². The molecule has 0 spiro atoms. The molecule has 1 fully saturated rings. The van der Waals surface area contributed by atoms with Crippen molar-refractivity contribution in [1.29, 1.82) is 0 Å². The largest absolute Gasteiger partial charge is 0.376 e. The van der Waals surface area contributed by atoms with Gasteiger partial charge < -0.3 is 10.1 Å². The summed E-state index contributed by atoms with van der Waals surface area (Å²) in [6.07, 6.45) is 11.4. The average Bonchev–Trinajstić information content (AvgIpc) is 3.08. The van der Waals surface area contributed by atoms with E-state index in [0.717, 1.165) is 50.3 Å². The molecule has 0 amide bonds. The molecular formula is C16H22N6O. The van der Waals surface area contributed by atoms with Crippen molar-refractivity contribution in [2.24, 2.45) is 0 Å². The van der Waals surface area contributed by atoms with Crippen molar-refractivity contribution in [1.82, 2.24) is 24.8 Å². The number of hydrogen-bond acceptors (Lipinski definition) is 7. The number of anilines is 1. The first kappa shape index (κ1) is 15.8. The third-order valence-corrected chi connectivity index (χ3v) is 3.72. The Balaban J connectivity index is 1.46. The van der Waals surface area contributed by atoms with Crippen LogP contribution in [0.25, 0.3) is 0 Å². The quantitative estimate of drug-likeness (QED) is 0.829. The summed E-state index contributed by atoms with van der Waals surface area (Å²) in [4.78, 5) is 19.2. The van der Waals surface area contributed by atoms with Gasteiger partial charge in [0.1, 0.15) is 0 Å². The molecule has 3 rings (SSSR count). The molecule has 7 heteroatoms. The Morgan fingerprint density at radius 3 is 2.74 bits per heavy atom. The van der Waals surface area contributed by atoms with Gasteiger partial charge in [0.05, 0.1) is 11.8 Å². The van der Waals surface area contributed by atoms with Crippen molar-refractivity contribution in [3.8, 4) is 0 Å². The van der Waals surface area contributed by atoms with E-state index in [1.165, 1.54) is 0 Å². The fourth-order valence-electron chi connectivity index (χ4n) is 2.59. The van der Waals surface area contributed by atoms with Gasteiger partial charge in [-0.15, -0.1) is 0 Å². The normalized spacial score (nSPS) is 17.6.